The van der Waals surface area contributed by atoms with E-state index in [2.05, 4.69) is 5.32 Å². The fourth-order valence-electron chi connectivity index (χ4n) is 1.73. The summed E-state index contributed by atoms with van der Waals surface area (Å²) < 4.78 is 44.8. The summed E-state index contributed by atoms with van der Waals surface area (Å²) in [7, 11) is -7.16. The summed E-state index contributed by atoms with van der Waals surface area (Å²) >= 11 is 0. The third kappa shape index (κ3) is 3.44. The Bertz CT molecular complexity index is 781. The molecule has 1 aromatic rings. The second-order valence-electron chi connectivity index (χ2n) is 4.31. The lowest BCUT2D eigenvalue weighted by molar-refractivity contribution is 0.0947. The molecular formula is C11H12N2O5S2. The van der Waals surface area contributed by atoms with E-state index in [-0.39, 0.29) is 16.2 Å². The van der Waals surface area contributed by atoms with Crippen LogP contribution in [0.1, 0.15) is 10.4 Å². The van der Waals surface area contributed by atoms with E-state index < -0.39 is 31.8 Å². The van der Waals surface area contributed by atoms with E-state index in [1.807, 2.05) is 0 Å². The number of sulfonamides is 1. The van der Waals surface area contributed by atoms with Crippen LogP contribution in [0.15, 0.2) is 40.6 Å². The van der Waals surface area contributed by atoms with Gasteiger partial charge in [0.05, 0.1) is 16.7 Å². The van der Waals surface area contributed by atoms with Gasteiger partial charge in [-0.3, -0.25) is 4.79 Å². The number of hydrogen-bond acceptors (Lipinski definition) is 5. The summed E-state index contributed by atoms with van der Waals surface area (Å²) in [6.07, 6.45) is 1.37. The molecule has 2 rings (SSSR count). The first-order valence-electron chi connectivity index (χ1n) is 5.52. The first-order valence-corrected chi connectivity index (χ1v) is 8.78. The number of carbonyl (C=O) groups is 1. The third-order valence-corrected chi connectivity index (χ3v) is 4.98. The van der Waals surface area contributed by atoms with Crippen LogP contribution in [-0.2, 0) is 19.9 Å². The second-order valence-corrected chi connectivity index (χ2v) is 7.80. The molecule has 1 aromatic carbocycles. The highest BCUT2D eigenvalue weighted by atomic mass is 32.2. The van der Waals surface area contributed by atoms with E-state index in [1.54, 1.807) is 0 Å². The fourth-order valence-corrected chi connectivity index (χ4v) is 3.53. The zero-order valence-corrected chi connectivity index (χ0v) is 11.8. The van der Waals surface area contributed by atoms with Crippen molar-refractivity contribution >= 4 is 25.8 Å². The summed E-state index contributed by atoms with van der Waals surface area (Å²) in [4.78, 5) is 11.7. The van der Waals surface area contributed by atoms with Gasteiger partial charge >= 0.3 is 0 Å². The van der Waals surface area contributed by atoms with Crippen LogP contribution in [0.4, 0.5) is 0 Å². The number of nitrogens with one attached hydrogen (secondary N) is 1. The van der Waals surface area contributed by atoms with Crippen molar-refractivity contribution in [3.63, 3.8) is 0 Å². The molecule has 0 spiro atoms. The van der Waals surface area contributed by atoms with Gasteiger partial charge in [-0.25, -0.2) is 22.0 Å². The van der Waals surface area contributed by atoms with Gasteiger partial charge in [-0.15, -0.1) is 0 Å². The van der Waals surface area contributed by atoms with Crippen molar-refractivity contribution in [2.24, 2.45) is 5.14 Å². The summed E-state index contributed by atoms with van der Waals surface area (Å²) in [5.41, 5.74) is 0.0919. The standard InChI is InChI=1S/C11H12N2O5S2/c12-20(17,18)10-3-1-2-8(6-10)11(14)13-9-4-5-19(15,16)7-9/h1-6,9H,7H2,(H,13,14)(H2,12,17,18). The van der Waals surface area contributed by atoms with Crippen LogP contribution < -0.4 is 10.5 Å². The van der Waals surface area contributed by atoms with Crippen molar-refractivity contribution in [2.75, 3.05) is 5.75 Å². The zero-order valence-electron chi connectivity index (χ0n) is 10.2. The van der Waals surface area contributed by atoms with Crippen LogP contribution in [-0.4, -0.2) is 34.5 Å². The summed E-state index contributed by atoms with van der Waals surface area (Å²) in [6, 6.07) is 4.59. The topological polar surface area (TPSA) is 123 Å². The Hall–Kier alpha value is -1.71. The summed E-state index contributed by atoms with van der Waals surface area (Å²) in [6.45, 7) is 0. The number of primary sulfonamides is 1. The van der Waals surface area contributed by atoms with Crippen LogP contribution in [0.5, 0.6) is 0 Å². The Morgan fingerprint density at radius 2 is 2.05 bits per heavy atom. The minimum atomic E-state index is -3.89. The Labute approximate surface area is 116 Å². The number of hydrogen-bond donors (Lipinski definition) is 2. The first kappa shape index (κ1) is 14.7. The van der Waals surface area contributed by atoms with Gasteiger partial charge in [0.25, 0.3) is 5.91 Å². The molecule has 0 fully saturated rings. The van der Waals surface area contributed by atoms with E-state index in [9.17, 15) is 21.6 Å². The maximum absolute atomic E-state index is 11.9. The van der Waals surface area contributed by atoms with Gasteiger partial charge in [0.1, 0.15) is 0 Å². The molecule has 0 saturated carbocycles. The van der Waals surface area contributed by atoms with Gasteiger partial charge in [-0.05, 0) is 24.3 Å². The van der Waals surface area contributed by atoms with Crippen LogP contribution in [0, 0.1) is 0 Å². The molecule has 20 heavy (non-hydrogen) atoms. The highest BCUT2D eigenvalue weighted by molar-refractivity contribution is 7.94. The molecule has 1 atom stereocenters. The number of amides is 1. The first-order chi connectivity index (χ1) is 9.17. The Morgan fingerprint density at radius 3 is 2.60 bits per heavy atom. The van der Waals surface area contributed by atoms with E-state index in [0.717, 1.165) is 11.5 Å². The average molecular weight is 316 g/mol. The van der Waals surface area contributed by atoms with E-state index in [0.29, 0.717) is 0 Å². The molecule has 1 aliphatic rings. The quantitative estimate of drug-likeness (QED) is 0.769. The van der Waals surface area contributed by atoms with E-state index in [4.69, 9.17) is 5.14 Å². The SMILES string of the molecule is NS(=O)(=O)c1cccc(C(=O)NC2C=CS(=O)(=O)C2)c1. The molecule has 3 N–H and O–H groups in total. The maximum atomic E-state index is 11.9. The van der Waals surface area contributed by atoms with Crippen LogP contribution in [0.2, 0.25) is 0 Å². The van der Waals surface area contributed by atoms with Crippen molar-refractivity contribution in [1.82, 2.24) is 5.32 Å². The lowest BCUT2D eigenvalue weighted by Crippen LogP contribution is -2.35. The van der Waals surface area contributed by atoms with Crippen LogP contribution in [0.3, 0.4) is 0 Å². The van der Waals surface area contributed by atoms with Crippen molar-refractivity contribution in [1.29, 1.82) is 0 Å². The molecule has 0 bridgehead atoms. The number of benzene rings is 1. The number of rotatable bonds is 3. The highest BCUT2D eigenvalue weighted by Crippen LogP contribution is 2.12. The Morgan fingerprint density at radius 1 is 1.35 bits per heavy atom. The largest absolute Gasteiger partial charge is 0.345 e. The monoisotopic (exact) mass is 316 g/mol. The minimum absolute atomic E-state index is 0.0919. The van der Waals surface area contributed by atoms with E-state index in [1.165, 1.54) is 24.3 Å². The molecule has 9 heteroatoms. The average Bonchev–Trinajstić information content (AvgIpc) is 2.68. The molecule has 0 radical (unpaired) electrons. The lowest BCUT2D eigenvalue weighted by atomic mass is 10.2. The molecule has 0 aromatic heterocycles. The van der Waals surface area contributed by atoms with Crippen molar-refractivity contribution < 1.29 is 21.6 Å². The van der Waals surface area contributed by atoms with Gasteiger partial charge < -0.3 is 5.32 Å². The van der Waals surface area contributed by atoms with Gasteiger partial charge in [0.15, 0.2) is 9.84 Å². The normalized spacial score (nSPS) is 20.8. The molecule has 108 valence electrons. The Balaban J connectivity index is 2.17. The number of sulfone groups is 1. The molecule has 7 nitrogen and oxygen atoms in total. The lowest BCUT2D eigenvalue weighted by Gasteiger charge is -2.10. The third-order valence-electron chi connectivity index (χ3n) is 2.67. The highest BCUT2D eigenvalue weighted by Gasteiger charge is 2.23. The maximum Gasteiger partial charge on any atom is 0.251 e. The van der Waals surface area contributed by atoms with Gasteiger partial charge in [0.2, 0.25) is 10.0 Å². The smallest absolute Gasteiger partial charge is 0.251 e. The summed E-state index contributed by atoms with van der Waals surface area (Å²) in [5, 5.41) is 8.50. The van der Waals surface area contributed by atoms with Gasteiger partial charge in [0, 0.05) is 11.0 Å². The Kier molecular flexibility index (Phi) is 3.67. The predicted molar refractivity (Wildman–Crippen MR) is 72.0 cm³/mol. The summed E-state index contributed by atoms with van der Waals surface area (Å²) in [5.74, 6) is -0.768. The van der Waals surface area contributed by atoms with Gasteiger partial charge in [-0.1, -0.05) is 6.07 Å². The molecule has 1 aliphatic heterocycles. The molecule has 1 amide bonds. The van der Waals surface area contributed by atoms with Crippen molar-refractivity contribution in [3.8, 4) is 0 Å². The fraction of sp³-hybridized carbons (Fsp3) is 0.182. The van der Waals surface area contributed by atoms with Gasteiger partial charge in [-0.2, -0.15) is 0 Å². The molecule has 0 aliphatic carbocycles. The number of carbonyl (C=O) groups excluding carboxylic acids is 1. The molecule has 1 heterocycles. The molecule has 0 saturated heterocycles. The van der Waals surface area contributed by atoms with Crippen LogP contribution >= 0.6 is 0 Å². The van der Waals surface area contributed by atoms with Crippen LogP contribution in [0.25, 0.3) is 0 Å². The molecule has 1 unspecified atom stereocenters. The number of nitrogens with two attached hydrogens (primary N) is 1. The minimum Gasteiger partial charge on any atom is -0.345 e. The van der Waals surface area contributed by atoms with E-state index >= 15 is 0 Å². The zero-order chi connectivity index (χ0) is 15.0. The second kappa shape index (κ2) is 5.00. The van der Waals surface area contributed by atoms with Crippen molar-refractivity contribution in [2.45, 2.75) is 10.9 Å². The predicted octanol–water partition coefficient (Wildman–Crippen LogP) is -0.625. The molecular weight excluding hydrogens is 304 g/mol. The van der Waals surface area contributed by atoms with Crippen molar-refractivity contribution in [3.05, 3.63) is 41.3 Å².